The number of Topliss-reactive ketones (excluding diaryl/α,β-unsaturated/α-hetero) is 1. The van der Waals surface area contributed by atoms with Crippen LogP contribution in [0.25, 0.3) is 0 Å². The monoisotopic (exact) mass is 194 g/mol. The Morgan fingerprint density at radius 2 is 2.07 bits per heavy atom. The molecule has 78 valence electrons. The number of hydrogen-bond acceptors (Lipinski definition) is 2. The van der Waals surface area contributed by atoms with Crippen molar-refractivity contribution in [1.29, 1.82) is 0 Å². The van der Waals surface area contributed by atoms with Crippen molar-refractivity contribution < 1.29 is 9.90 Å². The standard InChI is InChI=1S/C12H18O2/c13-11-8-4-5-10(11)12(14)6-2-1-3-9(12)7-8/h8-10,14H,1-7H2/t8-,9-,10+,12-/m0/s1. The predicted molar refractivity (Wildman–Crippen MR) is 52.7 cm³/mol. The molecule has 0 amide bonds. The third-order valence-electron chi connectivity index (χ3n) is 4.81. The first-order valence-electron chi connectivity index (χ1n) is 5.98. The van der Waals surface area contributed by atoms with Gasteiger partial charge in [-0.2, -0.15) is 0 Å². The lowest BCUT2D eigenvalue weighted by atomic mass is 9.62. The normalized spacial score (nSPS) is 51.8. The zero-order valence-corrected chi connectivity index (χ0v) is 8.54. The van der Waals surface area contributed by atoms with Crippen LogP contribution >= 0.6 is 0 Å². The van der Waals surface area contributed by atoms with Gasteiger partial charge in [0.05, 0.1) is 5.60 Å². The van der Waals surface area contributed by atoms with E-state index in [4.69, 9.17) is 0 Å². The van der Waals surface area contributed by atoms with Gasteiger partial charge in [0.2, 0.25) is 0 Å². The van der Waals surface area contributed by atoms with E-state index in [1.165, 1.54) is 6.42 Å². The number of carbonyl (C=O) groups excluding carboxylic acids is 1. The Bertz CT molecular complexity index is 273. The molecule has 2 nitrogen and oxygen atoms in total. The van der Waals surface area contributed by atoms with Crippen molar-refractivity contribution in [1.82, 2.24) is 0 Å². The quantitative estimate of drug-likeness (QED) is 0.639. The van der Waals surface area contributed by atoms with E-state index in [-0.39, 0.29) is 5.92 Å². The summed E-state index contributed by atoms with van der Waals surface area (Å²) in [5, 5.41) is 10.6. The predicted octanol–water partition coefficient (Wildman–Crippen LogP) is 1.91. The average molecular weight is 194 g/mol. The molecule has 1 N–H and O–H groups in total. The summed E-state index contributed by atoms with van der Waals surface area (Å²) in [4.78, 5) is 11.9. The second kappa shape index (κ2) is 2.82. The van der Waals surface area contributed by atoms with Crippen molar-refractivity contribution in [3.8, 4) is 0 Å². The summed E-state index contributed by atoms with van der Waals surface area (Å²) in [7, 11) is 0. The average Bonchev–Trinajstić information content (AvgIpc) is 2.46. The van der Waals surface area contributed by atoms with Gasteiger partial charge < -0.3 is 5.11 Å². The van der Waals surface area contributed by atoms with Crippen molar-refractivity contribution in [3.05, 3.63) is 0 Å². The van der Waals surface area contributed by atoms with E-state index in [2.05, 4.69) is 0 Å². The van der Waals surface area contributed by atoms with Crippen LogP contribution in [0.3, 0.4) is 0 Å². The number of carbonyl (C=O) groups is 1. The molecule has 3 aliphatic carbocycles. The van der Waals surface area contributed by atoms with Crippen LogP contribution < -0.4 is 0 Å². The van der Waals surface area contributed by atoms with Gasteiger partial charge in [0, 0.05) is 11.8 Å². The molecule has 4 atom stereocenters. The number of fused-ring (bicyclic) bond motifs is 4. The van der Waals surface area contributed by atoms with Crippen LogP contribution in [0, 0.1) is 17.8 Å². The van der Waals surface area contributed by atoms with Gasteiger partial charge >= 0.3 is 0 Å². The maximum Gasteiger partial charge on any atom is 0.141 e. The maximum atomic E-state index is 11.9. The number of aliphatic hydroxyl groups is 1. The molecule has 3 aliphatic rings. The zero-order valence-electron chi connectivity index (χ0n) is 8.54. The Morgan fingerprint density at radius 1 is 1.21 bits per heavy atom. The number of hydrogen-bond donors (Lipinski definition) is 1. The lowest BCUT2D eigenvalue weighted by Gasteiger charge is -2.46. The smallest absolute Gasteiger partial charge is 0.141 e. The van der Waals surface area contributed by atoms with E-state index in [0.29, 0.717) is 17.6 Å². The molecule has 2 bridgehead atoms. The fourth-order valence-electron chi connectivity index (χ4n) is 4.04. The van der Waals surface area contributed by atoms with Gasteiger partial charge in [0.1, 0.15) is 5.78 Å². The van der Waals surface area contributed by atoms with Crippen molar-refractivity contribution in [3.63, 3.8) is 0 Å². The van der Waals surface area contributed by atoms with Crippen LogP contribution in [-0.2, 0) is 4.79 Å². The van der Waals surface area contributed by atoms with E-state index in [0.717, 1.165) is 38.5 Å². The number of rotatable bonds is 0. The molecular formula is C12H18O2. The van der Waals surface area contributed by atoms with Crippen LogP contribution in [0.2, 0.25) is 0 Å². The molecule has 2 heteroatoms. The highest BCUT2D eigenvalue weighted by Crippen LogP contribution is 2.53. The third kappa shape index (κ3) is 0.979. The Labute approximate surface area is 84.7 Å². The van der Waals surface area contributed by atoms with Crippen LogP contribution in [-0.4, -0.2) is 16.5 Å². The summed E-state index contributed by atoms with van der Waals surface area (Å²) in [6.07, 6.45) is 7.37. The van der Waals surface area contributed by atoms with Crippen molar-refractivity contribution in [2.24, 2.45) is 17.8 Å². The Balaban J connectivity index is 1.96. The molecule has 0 spiro atoms. The molecule has 3 fully saturated rings. The van der Waals surface area contributed by atoms with Gasteiger partial charge in [0.15, 0.2) is 0 Å². The SMILES string of the molecule is O=C1[C@H]2CC[C@H]1[C@]1(O)CCCC[C@H]1C2. The fourth-order valence-corrected chi connectivity index (χ4v) is 4.04. The van der Waals surface area contributed by atoms with Gasteiger partial charge in [-0.1, -0.05) is 12.8 Å². The van der Waals surface area contributed by atoms with E-state index >= 15 is 0 Å². The minimum Gasteiger partial charge on any atom is -0.389 e. The molecular weight excluding hydrogens is 176 g/mol. The first-order chi connectivity index (χ1) is 6.72. The van der Waals surface area contributed by atoms with Gasteiger partial charge in [-0.15, -0.1) is 0 Å². The summed E-state index contributed by atoms with van der Waals surface area (Å²) in [5.74, 6) is 1.13. The van der Waals surface area contributed by atoms with Gasteiger partial charge in [-0.25, -0.2) is 0 Å². The highest BCUT2D eigenvalue weighted by Gasteiger charge is 2.56. The van der Waals surface area contributed by atoms with Gasteiger partial charge in [-0.05, 0) is 38.0 Å². The van der Waals surface area contributed by atoms with E-state index in [9.17, 15) is 9.90 Å². The van der Waals surface area contributed by atoms with E-state index in [1.54, 1.807) is 0 Å². The van der Waals surface area contributed by atoms with Crippen molar-refractivity contribution in [2.75, 3.05) is 0 Å². The molecule has 0 unspecified atom stereocenters. The van der Waals surface area contributed by atoms with Crippen molar-refractivity contribution in [2.45, 2.75) is 50.5 Å². The van der Waals surface area contributed by atoms with Crippen LogP contribution in [0.5, 0.6) is 0 Å². The first kappa shape index (κ1) is 8.90. The minimum absolute atomic E-state index is 0.00606. The Hall–Kier alpha value is -0.370. The second-order valence-corrected chi connectivity index (χ2v) is 5.40. The molecule has 3 saturated carbocycles. The molecule has 0 aromatic carbocycles. The highest BCUT2D eigenvalue weighted by atomic mass is 16.3. The molecule has 14 heavy (non-hydrogen) atoms. The number of ketones is 1. The highest BCUT2D eigenvalue weighted by molar-refractivity contribution is 5.87. The van der Waals surface area contributed by atoms with Crippen LogP contribution in [0.15, 0.2) is 0 Å². The minimum atomic E-state index is -0.595. The topological polar surface area (TPSA) is 37.3 Å². The Morgan fingerprint density at radius 3 is 2.93 bits per heavy atom. The molecule has 0 heterocycles. The lowest BCUT2D eigenvalue weighted by molar-refractivity contribution is -0.152. The summed E-state index contributed by atoms with van der Waals surface area (Å²) in [5.41, 5.74) is -0.595. The van der Waals surface area contributed by atoms with Crippen molar-refractivity contribution >= 4 is 5.78 Å². The summed E-state index contributed by atoms with van der Waals surface area (Å²) in [6.45, 7) is 0. The third-order valence-corrected chi connectivity index (χ3v) is 4.81. The zero-order chi connectivity index (χ0) is 9.76. The molecule has 3 rings (SSSR count). The van der Waals surface area contributed by atoms with E-state index < -0.39 is 5.60 Å². The molecule has 0 aromatic heterocycles. The second-order valence-electron chi connectivity index (χ2n) is 5.40. The molecule has 0 radical (unpaired) electrons. The lowest BCUT2D eigenvalue weighted by Crippen LogP contribution is -2.53. The summed E-state index contributed by atoms with van der Waals surface area (Å²) >= 11 is 0. The fraction of sp³-hybridized carbons (Fsp3) is 0.917. The summed E-state index contributed by atoms with van der Waals surface area (Å²) in [6, 6.07) is 0. The molecule has 0 aliphatic heterocycles. The largest absolute Gasteiger partial charge is 0.389 e. The maximum absolute atomic E-state index is 11.9. The first-order valence-corrected chi connectivity index (χ1v) is 5.98. The van der Waals surface area contributed by atoms with E-state index in [1.807, 2.05) is 0 Å². The summed E-state index contributed by atoms with van der Waals surface area (Å²) < 4.78 is 0. The molecule has 0 saturated heterocycles. The molecule has 0 aromatic rings. The van der Waals surface area contributed by atoms with Crippen LogP contribution in [0.4, 0.5) is 0 Å². The van der Waals surface area contributed by atoms with Crippen LogP contribution in [0.1, 0.15) is 44.9 Å². The Kier molecular flexibility index (Phi) is 1.79. The van der Waals surface area contributed by atoms with Gasteiger partial charge in [0.25, 0.3) is 0 Å². The van der Waals surface area contributed by atoms with Gasteiger partial charge in [-0.3, -0.25) is 4.79 Å².